The van der Waals surface area contributed by atoms with Crippen LogP contribution in [0.25, 0.3) is 11.4 Å². The summed E-state index contributed by atoms with van der Waals surface area (Å²) < 4.78 is 5.33. The molecule has 4 rings (SSSR count). The molecule has 0 spiro atoms. The van der Waals surface area contributed by atoms with E-state index in [1.165, 1.54) is 18.4 Å². The van der Waals surface area contributed by atoms with E-state index in [-0.39, 0.29) is 5.91 Å². The Labute approximate surface area is 160 Å². The van der Waals surface area contributed by atoms with Gasteiger partial charge in [-0.2, -0.15) is 4.98 Å². The van der Waals surface area contributed by atoms with Crippen LogP contribution in [0, 0.1) is 0 Å². The van der Waals surface area contributed by atoms with E-state index in [4.69, 9.17) is 4.52 Å². The van der Waals surface area contributed by atoms with Crippen molar-refractivity contribution in [2.75, 3.05) is 0 Å². The van der Waals surface area contributed by atoms with Crippen molar-refractivity contribution in [1.29, 1.82) is 0 Å². The van der Waals surface area contributed by atoms with Crippen molar-refractivity contribution >= 4 is 5.91 Å². The lowest BCUT2D eigenvalue weighted by molar-refractivity contribution is -0.122. The van der Waals surface area contributed by atoms with Gasteiger partial charge in [0.25, 0.3) is 0 Å². The highest BCUT2D eigenvalue weighted by Gasteiger charge is 2.33. The molecular weight excluding hydrogens is 340 g/mol. The van der Waals surface area contributed by atoms with Gasteiger partial charge in [-0.25, -0.2) is 0 Å². The number of hydrogen-bond donors (Lipinski definition) is 2. The van der Waals surface area contributed by atoms with E-state index in [0.29, 0.717) is 48.6 Å². The number of aromatic nitrogens is 2. The van der Waals surface area contributed by atoms with Crippen molar-refractivity contribution in [3.63, 3.8) is 0 Å². The molecule has 2 aromatic rings. The summed E-state index contributed by atoms with van der Waals surface area (Å²) in [5.74, 6) is 1.66. The zero-order valence-electron chi connectivity index (χ0n) is 16.1. The first kappa shape index (κ1) is 18.2. The third-order valence-corrected chi connectivity index (χ3v) is 5.71. The molecule has 2 fully saturated rings. The summed E-state index contributed by atoms with van der Waals surface area (Å²) in [5.41, 5.74) is 2.22. The van der Waals surface area contributed by atoms with E-state index >= 15 is 0 Å². The molecule has 2 aliphatic heterocycles. The Morgan fingerprint density at radius 2 is 1.93 bits per heavy atom. The number of nitrogens with zero attached hydrogens (tertiary/aromatic N) is 2. The first-order valence-electron chi connectivity index (χ1n) is 10.0. The summed E-state index contributed by atoms with van der Waals surface area (Å²) in [6.07, 6.45) is 5.41. The van der Waals surface area contributed by atoms with Crippen LogP contribution in [0.5, 0.6) is 0 Å². The molecule has 2 saturated heterocycles. The van der Waals surface area contributed by atoms with Crippen LogP contribution in [-0.2, 0) is 11.2 Å². The van der Waals surface area contributed by atoms with Gasteiger partial charge in [0.15, 0.2) is 0 Å². The van der Waals surface area contributed by atoms with Gasteiger partial charge >= 0.3 is 0 Å². The van der Waals surface area contributed by atoms with Gasteiger partial charge < -0.3 is 15.2 Å². The van der Waals surface area contributed by atoms with Gasteiger partial charge in [0.1, 0.15) is 0 Å². The van der Waals surface area contributed by atoms with Crippen LogP contribution < -0.4 is 10.6 Å². The number of aryl methyl sites for hydroxylation is 1. The van der Waals surface area contributed by atoms with Gasteiger partial charge in [0.2, 0.25) is 17.6 Å². The van der Waals surface area contributed by atoms with Gasteiger partial charge in [-0.05, 0) is 37.2 Å². The molecule has 2 aliphatic rings. The third-order valence-electron chi connectivity index (χ3n) is 5.71. The Hall–Kier alpha value is -2.21. The molecule has 0 saturated carbocycles. The summed E-state index contributed by atoms with van der Waals surface area (Å²) in [7, 11) is 0. The summed E-state index contributed by atoms with van der Waals surface area (Å²) in [4.78, 5) is 16.7. The Morgan fingerprint density at radius 3 is 2.59 bits per heavy atom. The van der Waals surface area contributed by atoms with Crippen molar-refractivity contribution in [2.24, 2.45) is 0 Å². The number of carbonyl (C=O) groups excluding carboxylic acids is 1. The van der Waals surface area contributed by atoms with E-state index in [2.05, 4.69) is 46.8 Å². The Balaban J connectivity index is 1.28. The third kappa shape index (κ3) is 4.38. The summed E-state index contributed by atoms with van der Waals surface area (Å²) in [6, 6.07) is 9.67. The van der Waals surface area contributed by atoms with Crippen molar-refractivity contribution in [3.05, 3.63) is 35.7 Å². The van der Waals surface area contributed by atoms with Gasteiger partial charge in [0.05, 0.1) is 0 Å². The summed E-state index contributed by atoms with van der Waals surface area (Å²) in [5, 5.41) is 10.8. The minimum Gasteiger partial charge on any atom is -0.353 e. The minimum atomic E-state index is 0.0716. The lowest BCUT2D eigenvalue weighted by atomic mass is 9.99. The molecule has 6 nitrogen and oxygen atoms in total. The molecule has 0 radical (unpaired) electrons. The maximum Gasteiger partial charge on any atom is 0.227 e. The largest absolute Gasteiger partial charge is 0.353 e. The fourth-order valence-electron chi connectivity index (χ4n) is 4.19. The molecule has 0 aliphatic carbocycles. The Bertz CT molecular complexity index is 772. The fourth-order valence-corrected chi connectivity index (χ4v) is 4.19. The number of nitrogens with one attached hydrogen (secondary N) is 2. The standard InChI is InChI=1S/C21H28N4O2/c1-13(2)14-3-5-15(6-4-14)21-24-20(27-25-21)10-9-19(26)23-18-11-16-7-8-17(12-18)22-16/h3-6,13,16-18,22H,7-12H2,1-2H3,(H,23,26). The van der Waals surface area contributed by atoms with E-state index in [1.807, 2.05) is 12.1 Å². The first-order chi connectivity index (χ1) is 13.1. The van der Waals surface area contributed by atoms with E-state index < -0.39 is 0 Å². The SMILES string of the molecule is CC(C)c1ccc(-c2noc(CCC(=O)NC3CC4CCC(C3)N4)n2)cc1. The summed E-state index contributed by atoms with van der Waals surface area (Å²) >= 11 is 0. The maximum atomic E-state index is 12.3. The second kappa shape index (κ2) is 7.80. The van der Waals surface area contributed by atoms with Crippen molar-refractivity contribution < 1.29 is 9.32 Å². The van der Waals surface area contributed by atoms with Crippen LogP contribution in [0.2, 0.25) is 0 Å². The second-order valence-electron chi connectivity index (χ2n) is 8.16. The molecule has 1 aromatic carbocycles. The van der Waals surface area contributed by atoms with Gasteiger partial charge in [-0.15, -0.1) is 0 Å². The predicted octanol–water partition coefficient (Wildman–Crippen LogP) is 3.19. The van der Waals surface area contributed by atoms with Crippen molar-refractivity contribution in [3.8, 4) is 11.4 Å². The highest BCUT2D eigenvalue weighted by molar-refractivity contribution is 5.76. The van der Waals surface area contributed by atoms with Crippen molar-refractivity contribution in [2.45, 2.75) is 76.4 Å². The van der Waals surface area contributed by atoms with Gasteiger partial charge in [-0.1, -0.05) is 43.3 Å². The molecule has 2 unspecified atom stereocenters. The highest BCUT2D eigenvalue weighted by atomic mass is 16.5. The molecule has 144 valence electrons. The molecule has 2 atom stereocenters. The predicted molar refractivity (Wildman–Crippen MR) is 103 cm³/mol. The van der Waals surface area contributed by atoms with E-state index in [0.717, 1.165) is 18.4 Å². The first-order valence-corrected chi connectivity index (χ1v) is 10.0. The number of benzene rings is 1. The lowest BCUT2D eigenvalue weighted by Gasteiger charge is -2.29. The Morgan fingerprint density at radius 1 is 1.22 bits per heavy atom. The van der Waals surface area contributed by atoms with Crippen LogP contribution in [0.15, 0.2) is 28.8 Å². The van der Waals surface area contributed by atoms with Crippen LogP contribution in [-0.4, -0.2) is 34.2 Å². The number of hydrogen-bond acceptors (Lipinski definition) is 5. The highest BCUT2D eigenvalue weighted by Crippen LogP contribution is 2.27. The van der Waals surface area contributed by atoms with E-state index in [1.54, 1.807) is 0 Å². The lowest BCUT2D eigenvalue weighted by Crippen LogP contribution is -2.48. The average molecular weight is 368 g/mol. The van der Waals surface area contributed by atoms with Gasteiger partial charge in [0, 0.05) is 36.5 Å². The zero-order valence-corrected chi connectivity index (χ0v) is 16.1. The Kier molecular flexibility index (Phi) is 5.25. The number of amides is 1. The number of carbonyl (C=O) groups is 1. The molecule has 3 heterocycles. The van der Waals surface area contributed by atoms with Crippen molar-refractivity contribution in [1.82, 2.24) is 20.8 Å². The molecule has 2 bridgehead atoms. The number of fused-ring (bicyclic) bond motifs is 2. The smallest absolute Gasteiger partial charge is 0.227 e. The van der Waals surface area contributed by atoms with Crippen LogP contribution in [0.1, 0.15) is 63.3 Å². The molecule has 2 N–H and O–H groups in total. The maximum absolute atomic E-state index is 12.3. The fraction of sp³-hybridized carbons (Fsp3) is 0.571. The van der Waals surface area contributed by atoms with Crippen LogP contribution in [0.4, 0.5) is 0 Å². The van der Waals surface area contributed by atoms with Crippen LogP contribution in [0.3, 0.4) is 0 Å². The average Bonchev–Trinajstić information content (AvgIpc) is 3.26. The zero-order chi connectivity index (χ0) is 18.8. The molecule has 27 heavy (non-hydrogen) atoms. The monoisotopic (exact) mass is 368 g/mol. The molecule has 1 amide bonds. The topological polar surface area (TPSA) is 80.0 Å². The molecule has 1 aromatic heterocycles. The second-order valence-corrected chi connectivity index (χ2v) is 8.16. The van der Waals surface area contributed by atoms with Gasteiger partial charge in [-0.3, -0.25) is 4.79 Å². The normalized spacial score (nSPS) is 24.3. The quantitative estimate of drug-likeness (QED) is 0.818. The number of piperidine rings is 1. The molecular formula is C21H28N4O2. The van der Waals surface area contributed by atoms with Crippen LogP contribution >= 0.6 is 0 Å². The summed E-state index contributed by atoms with van der Waals surface area (Å²) in [6.45, 7) is 4.34. The number of rotatable bonds is 6. The molecule has 6 heteroatoms. The minimum absolute atomic E-state index is 0.0716. The van der Waals surface area contributed by atoms with E-state index in [9.17, 15) is 4.79 Å².